The van der Waals surface area contributed by atoms with E-state index < -0.39 is 0 Å². The molecule has 0 aromatic carbocycles. The molecule has 0 unspecified atom stereocenters. The van der Waals surface area contributed by atoms with Gasteiger partial charge in [0.25, 0.3) is 0 Å². The predicted molar refractivity (Wildman–Crippen MR) is 114 cm³/mol. The van der Waals surface area contributed by atoms with Crippen molar-refractivity contribution in [3.05, 3.63) is 35.3 Å². The zero-order valence-corrected chi connectivity index (χ0v) is 17.7. The summed E-state index contributed by atoms with van der Waals surface area (Å²) in [5.74, 6) is 0.971. The molecule has 3 heterocycles. The molecule has 3 rings (SSSR count). The maximum atomic E-state index is 5.06. The fraction of sp³-hybridized carbons (Fsp3) is 0.500. The molecule has 0 fully saturated rings. The molecule has 144 valence electrons. The maximum Gasteiger partial charge on any atom is 0.159 e. The molecule has 0 radical (unpaired) electrons. The van der Waals surface area contributed by atoms with Crippen LogP contribution in [-0.2, 0) is 6.42 Å². The third kappa shape index (κ3) is 3.43. The molecule has 0 N–H and O–H groups in total. The summed E-state index contributed by atoms with van der Waals surface area (Å²) in [7, 11) is 4.03. The Balaban J connectivity index is 2.20. The Labute approximate surface area is 162 Å². The van der Waals surface area contributed by atoms with E-state index in [1.165, 1.54) is 11.1 Å². The van der Waals surface area contributed by atoms with Gasteiger partial charge in [-0.25, -0.2) is 15.0 Å². The minimum Gasteiger partial charge on any atom is -0.363 e. The smallest absolute Gasteiger partial charge is 0.159 e. The first-order valence-corrected chi connectivity index (χ1v) is 9.93. The van der Waals surface area contributed by atoms with Crippen LogP contribution in [0.25, 0.3) is 22.4 Å². The van der Waals surface area contributed by atoms with Crippen LogP contribution in [0.5, 0.6) is 0 Å². The Bertz CT molecular complexity index is 951. The summed E-state index contributed by atoms with van der Waals surface area (Å²) in [5.41, 5.74) is 7.43. The van der Waals surface area contributed by atoms with Crippen molar-refractivity contribution in [2.45, 2.75) is 59.9 Å². The molecule has 27 heavy (non-hydrogen) atoms. The Morgan fingerprint density at radius 2 is 1.78 bits per heavy atom. The first-order valence-electron chi connectivity index (χ1n) is 9.93. The molecule has 0 saturated carbocycles. The molecule has 0 amide bonds. The van der Waals surface area contributed by atoms with Gasteiger partial charge in [-0.05, 0) is 50.3 Å². The van der Waals surface area contributed by atoms with E-state index in [-0.39, 0.29) is 0 Å². The Morgan fingerprint density at radius 1 is 1.07 bits per heavy atom. The number of hydrogen-bond acceptors (Lipinski definition) is 4. The van der Waals surface area contributed by atoms with Gasteiger partial charge in [-0.3, -0.25) is 0 Å². The van der Waals surface area contributed by atoms with Crippen LogP contribution in [0, 0.1) is 13.8 Å². The van der Waals surface area contributed by atoms with Crippen LogP contribution in [0.3, 0.4) is 0 Å². The lowest BCUT2D eigenvalue weighted by atomic mass is 10.0. The van der Waals surface area contributed by atoms with Gasteiger partial charge < -0.3 is 9.47 Å². The molecular weight excluding hydrogens is 334 g/mol. The molecule has 5 nitrogen and oxygen atoms in total. The van der Waals surface area contributed by atoms with Crippen molar-refractivity contribution in [1.82, 2.24) is 19.5 Å². The second kappa shape index (κ2) is 7.67. The summed E-state index contributed by atoms with van der Waals surface area (Å²) < 4.78 is 2.31. The van der Waals surface area contributed by atoms with Crippen molar-refractivity contribution in [3.63, 3.8) is 0 Å². The van der Waals surface area contributed by atoms with E-state index in [4.69, 9.17) is 9.97 Å². The second-order valence-corrected chi connectivity index (χ2v) is 7.47. The molecule has 0 bridgehead atoms. The van der Waals surface area contributed by atoms with E-state index in [2.05, 4.69) is 56.4 Å². The summed E-state index contributed by atoms with van der Waals surface area (Å²) in [5, 5.41) is 0. The highest BCUT2D eigenvalue weighted by atomic mass is 15.1. The third-order valence-corrected chi connectivity index (χ3v) is 5.41. The van der Waals surface area contributed by atoms with Gasteiger partial charge in [-0.1, -0.05) is 20.8 Å². The summed E-state index contributed by atoms with van der Waals surface area (Å²) in [4.78, 5) is 16.7. The van der Waals surface area contributed by atoms with Crippen molar-refractivity contribution in [2.24, 2.45) is 0 Å². The molecule has 3 aromatic heterocycles. The van der Waals surface area contributed by atoms with E-state index in [1.54, 1.807) is 0 Å². The van der Waals surface area contributed by atoms with Crippen molar-refractivity contribution in [2.75, 3.05) is 19.0 Å². The first kappa shape index (κ1) is 19.3. The molecule has 5 heteroatoms. The van der Waals surface area contributed by atoms with E-state index in [0.29, 0.717) is 6.04 Å². The lowest BCUT2D eigenvalue weighted by Gasteiger charge is -2.17. The van der Waals surface area contributed by atoms with Crippen LogP contribution >= 0.6 is 0 Å². The number of rotatable bonds is 6. The van der Waals surface area contributed by atoms with Gasteiger partial charge >= 0.3 is 0 Å². The van der Waals surface area contributed by atoms with Crippen molar-refractivity contribution in [3.8, 4) is 11.3 Å². The Hall–Kier alpha value is -2.43. The maximum absolute atomic E-state index is 5.06. The topological polar surface area (TPSA) is 46.8 Å². The van der Waals surface area contributed by atoms with Gasteiger partial charge in [0, 0.05) is 38.1 Å². The molecule has 0 aliphatic carbocycles. The number of aromatic nitrogens is 4. The van der Waals surface area contributed by atoms with Gasteiger partial charge in [0.05, 0.1) is 11.4 Å². The molecule has 0 saturated heterocycles. The lowest BCUT2D eigenvalue weighted by molar-refractivity contribution is 0.482. The highest BCUT2D eigenvalue weighted by Gasteiger charge is 2.18. The van der Waals surface area contributed by atoms with Gasteiger partial charge in [-0.15, -0.1) is 0 Å². The Kier molecular flexibility index (Phi) is 5.49. The zero-order valence-electron chi connectivity index (χ0n) is 17.7. The Morgan fingerprint density at radius 3 is 2.37 bits per heavy atom. The SMILES string of the molecule is CCc1cc(N(C)C)ncc1-c1nc2c(C)cn(C(CC)CC)c2nc1C. The molecular formula is C22H31N5. The van der Waals surface area contributed by atoms with Crippen LogP contribution in [0.1, 0.15) is 56.5 Å². The van der Waals surface area contributed by atoms with Gasteiger partial charge in [0.1, 0.15) is 11.3 Å². The lowest BCUT2D eigenvalue weighted by Crippen LogP contribution is -2.11. The minimum absolute atomic E-state index is 0.466. The van der Waals surface area contributed by atoms with Crippen LogP contribution in [-0.4, -0.2) is 33.6 Å². The standard InChI is InChI=1S/C22H31N5/c1-8-16-11-19(26(6)7)23-12-18(16)21-15(5)24-22-20(25-21)14(4)13-27(22)17(9-2)10-3/h11-13,17H,8-10H2,1-7H3. The fourth-order valence-electron chi connectivity index (χ4n) is 3.73. The number of nitrogens with zero attached hydrogens (tertiary/aromatic N) is 5. The summed E-state index contributed by atoms with van der Waals surface area (Å²) in [6.45, 7) is 10.8. The van der Waals surface area contributed by atoms with E-state index in [0.717, 1.165) is 53.2 Å². The minimum atomic E-state index is 0.466. The number of aryl methyl sites for hydroxylation is 3. The predicted octanol–water partition coefficient (Wildman–Crippen LogP) is 5.10. The summed E-state index contributed by atoms with van der Waals surface area (Å²) >= 11 is 0. The average Bonchev–Trinajstić information content (AvgIpc) is 2.97. The zero-order chi connectivity index (χ0) is 19.7. The van der Waals surface area contributed by atoms with Gasteiger partial charge in [0.2, 0.25) is 0 Å². The summed E-state index contributed by atoms with van der Waals surface area (Å²) in [6, 6.07) is 2.62. The quantitative estimate of drug-likeness (QED) is 0.610. The average molecular weight is 366 g/mol. The van der Waals surface area contributed by atoms with Crippen LogP contribution in [0.2, 0.25) is 0 Å². The highest BCUT2D eigenvalue weighted by molar-refractivity contribution is 5.80. The van der Waals surface area contributed by atoms with E-state index >= 15 is 0 Å². The highest BCUT2D eigenvalue weighted by Crippen LogP contribution is 2.31. The number of hydrogen-bond donors (Lipinski definition) is 0. The normalized spacial score (nSPS) is 11.6. The van der Waals surface area contributed by atoms with E-state index in [1.807, 2.05) is 25.2 Å². The van der Waals surface area contributed by atoms with Crippen molar-refractivity contribution in [1.29, 1.82) is 0 Å². The number of fused-ring (bicyclic) bond motifs is 1. The molecule has 3 aromatic rings. The molecule has 0 aliphatic rings. The molecule has 0 aliphatic heterocycles. The van der Waals surface area contributed by atoms with Crippen LogP contribution in [0.4, 0.5) is 5.82 Å². The third-order valence-electron chi connectivity index (χ3n) is 5.41. The van der Waals surface area contributed by atoms with Crippen molar-refractivity contribution < 1.29 is 0 Å². The van der Waals surface area contributed by atoms with Crippen LogP contribution < -0.4 is 4.90 Å². The number of pyridine rings is 1. The van der Waals surface area contributed by atoms with E-state index in [9.17, 15) is 0 Å². The largest absolute Gasteiger partial charge is 0.363 e. The second-order valence-electron chi connectivity index (χ2n) is 7.47. The first-order chi connectivity index (χ1) is 12.9. The van der Waals surface area contributed by atoms with Crippen LogP contribution in [0.15, 0.2) is 18.5 Å². The van der Waals surface area contributed by atoms with Gasteiger partial charge in [-0.2, -0.15) is 0 Å². The molecule has 0 spiro atoms. The monoisotopic (exact) mass is 365 g/mol. The molecule has 0 atom stereocenters. The fourth-order valence-corrected chi connectivity index (χ4v) is 3.73. The summed E-state index contributed by atoms with van der Waals surface area (Å²) in [6.07, 6.45) is 7.28. The van der Waals surface area contributed by atoms with Gasteiger partial charge in [0.15, 0.2) is 5.65 Å². The number of anilines is 1. The van der Waals surface area contributed by atoms with Crippen molar-refractivity contribution >= 4 is 17.0 Å².